The fourth-order valence-corrected chi connectivity index (χ4v) is 1.57. The summed E-state index contributed by atoms with van der Waals surface area (Å²) in [5.41, 5.74) is 2.62. The summed E-state index contributed by atoms with van der Waals surface area (Å²) in [4.78, 5) is 0. The molecular formula is C13H19ClN2O. The Kier molecular flexibility index (Phi) is 5.32. The van der Waals surface area contributed by atoms with E-state index in [1.54, 1.807) is 0 Å². The van der Waals surface area contributed by atoms with Gasteiger partial charge < -0.3 is 15.4 Å². The molecule has 1 unspecified atom stereocenters. The van der Waals surface area contributed by atoms with E-state index >= 15 is 0 Å². The molecule has 0 amide bonds. The number of hydrogen-bond donors (Lipinski definition) is 2. The van der Waals surface area contributed by atoms with E-state index in [1.165, 1.54) is 0 Å². The average molecular weight is 255 g/mol. The van der Waals surface area contributed by atoms with Crippen molar-refractivity contribution in [1.29, 1.82) is 0 Å². The van der Waals surface area contributed by atoms with E-state index in [0.29, 0.717) is 11.6 Å². The Morgan fingerprint density at radius 2 is 2.24 bits per heavy atom. The molecule has 1 aromatic carbocycles. The van der Waals surface area contributed by atoms with Gasteiger partial charge in [-0.3, -0.25) is 0 Å². The molecule has 0 heterocycles. The van der Waals surface area contributed by atoms with Crippen LogP contribution in [0.1, 0.15) is 13.8 Å². The molecule has 0 aliphatic rings. The first-order valence-electron chi connectivity index (χ1n) is 5.63. The van der Waals surface area contributed by atoms with Crippen LogP contribution in [-0.4, -0.2) is 19.8 Å². The van der Waals surface area contributed by atoms with Gasteiger partial charge in [0.1, 0.15) is 0 Å². The molecular weight excluding hydrogens is 236 g/mol. The summed E-state index contributed by atoms with van der Waals surface area (Å²) < 4.78 is 5.45. The van der Waals surface area contributed by atoms with Crippen molar-refractivity contribution >= 4 is 23.0 Å². The number of hydrogen-bond acceptors (Lipinski definition) is 3. The minimum Gasteiger partial charge on any atom is -0.388 e. The SMILES string of the molecule is C=C(Nc1cc(NC)ccc1Cl)C(C)OCC. The lowest BCUT2D eigenvalue weighted by atomic mass is 10.2. The molecule has 0 bridgehead atoms. The van der Waals surface area contributed by atoms with Gasteiger partial charge in [-0.1, -0.05) is 18.2 Å². The molecule has 1 aromatic rings. The average Bonchev–Trinajstić information content (AvgIpc) is 2.32. The van der Waals surface area contributed by atoms with E-state index in [9.17, 15) is 0 Å². The van der Waals surface area contributed by atoms with Gasteiger partial charge in [0.25, 0.3) is 0 Å². The molecule has 17 heavy (non-hydrogen) atoms. The second-order valence-electron chi connectivity index (χ2n) is 3.69. The van der Waals surface area contributed by atoms with Crippen molar-refractivity contribution in [2.45, 2.75) is 20.0 Å². The van der Waals surface area contributed by atoms with E-state index in [0.717, 1.165) is 17.1 Å². The van der Waals surface area contributed by atoms with Crippen LogP contribution in [0, 0.1) is 0 Å². The Morgan fingerprint density at radius 1 is 1.53 bits per heavy atom. The van der Waals surface area contributed by atoms with Crippen molar-refractivity contribution in [2.24, 2.45) is 0 Å². The van der Waals surface area contributed by atoms with Crippen LogP contribution in [-0.2, 0) is 4.74 Å². The molecule has 2 N–H and O–H groups in total. The molecule has 0 saturated heterocycles. The number of rotatable bonds is 6. The Labute approximate surface area is 108 Å². The molecule has 0 aromatic heterocycles. The standard InChI is InChI=1S/C13H19ClN2O/c1-5-17-10(3)9(2)16-13-8-11(15-4)6-7-12(13)14/h6-8,10,15-16H,2,5H2,1,3-4H3. The summed E-state index contributed by atoms with van der Waals surface area (Å²) in [5.74, 6) is 0. The van der Waals surface area contributed by atoms with Crippen molar-refractivity contribution in [3.63, 3.8) is 0 Å². The molecule has 0 spiro atoms. The van der Waals surface area contributed by atoms with Gasteiger partial charge in [-0.05, 0) is 32.0 Å². The van der Waals surface area contributed by atoms with E-state index in [1.807, 2.05) is 39.1 Å². The van der Waals surface area contributed by atoms with Crippen LogP contribution in [0.5, 0.6) is 0 Å². The normalized spacial score (nSPS) is 12.0. The van der Waals surface area contributed by atoms with Gasteiger partial charge in [0, 0.05) is 25.0 Å². The fourth-order valence-electron chi connectivity index (χ4n) is 1.40. The molecule has 0 saturated carbocycles. The summed E-state index contributed by atoms with van der Waals surface area (Å²) in [6.07, 6.45) is -0.0469. The highest BCUT2D eigenvalue weighted by Crippen LogP contribution is 2.27. The third-order valence-electron chi connectivity index (χ3n) is 2.46. The van der Waals surface area contributed by atoms with Gasteiger partial charge in [-0.25, -0.2) is 0 Å². The first-order valence-corrected chi connectivity index (χ1v) is 6.01. The number of benzene rings is 1. The topological polar surface area (TPSA) is 33.3 Å². The van der Waals surface area contributed by atoms with Crippen LogP contribution in [0.25, 0.3) is 0 Å². The van der Waals surface area contributed by atoms with E-state index < -0.39 is 0 Å². The van der Waals surface area contributed by atoms with Gasteiger partial charge in [-0.2, -0.15) is 0 Å². The lowest BCUT2D eigenvalue weighted by molar-refractivity contribution is 0.102. The molecule has 94 valence electrons. The van der Waals surface area contributed by atoms with Crippen molar-refractivity contribution in [1.82, 2.24) is 0 Å². The van der Waals surface area contributed by atoms with Gasteiger partial charge in [-0.15, -0.1) is 0 Å². The van der Waals surface area contributed by atoms with Crippen LogP contribution in [0.3, 0.4) is 0 Å². The zero-order chi connectivity index (χ0) is 12.8. The summed E-state index contributed by atoms with van der Waals surface area (Å²) >= 11 is 6.11. The van der Waals surface area contributed by atoms with Crippen LogP contribution >= 0.6 is 11.6 Å². The summed E-state index contributed by atoms with van der Waals surface area (Å²) in [5, 5.41) is 6.90. The third-order valence-corrected chi connectivity index (χ3v) is 2.79. The second kappa shape index (κ2) is 6.52. The van der Waals surface area contributed by atoms with Gasteiger partial charge in [0.2, 0.25) is 0 Å². The molecule has 0 radical (unpaired) electrons. The molecule has 1 atom stereocenters. The summed E-state index contributed by atoms with van der Waals surface area (Å²) in [6, 6.07) is 5.70. The Bertz CT molecular complexity index is 393. The third kappa shape index (κ3) is 3.95. The van der Waals surface area contributed by atoms with Crippen LogP contribution < -0.4 is 10.6 Å². The predicted molar refractivity (Wildman–Crippen MR) is 74.8 cm³/mol. The van der Waals surface area contributed by atoms with Crippen molar-refractivity contribution in [3.8, 4) is 0 Å². The quantitative estimate of drug-likeness (QED) is 0.812. The summed E-state index contributed by atoms with van der Waals surface area (Å²) in [6.45, 7) is 8.52. The monoisotopic (exact) mass is 254 g/mol. The highest BCUT2D eigenvalue weighted by Gasteiger charge is 2.08. The zero-order valence-corrected chi connectivity index (χ0v) is 11.3. The molecule has 0 aliphatic carbocycles. The minimum atomic E-state index is -0.0469. The minimum absolute atomic E-state index is 0.0469. The van der Waals surface area contributed by atoms with Crippen molar-refractivity contribution < 1.29 is 4.74 Å². The van der Waals surface area contributed by atoms with Gasteiger partial charge in [0.15, 0.2) is 0 Å². The van der Waals surface area contributed by atoms with Crippen molar-refractivity contribution in [2.75, 3.05) is 24.3 Å². The van der Waals surface area contributed by atoms with E-state index in [4.69, 9.17) is 16.3 Å². The molecule has 3 nitrogen and oxygen atoms in total. The second-order valence-corrected chi connectivity index (χ2v) is 4.10. The molecule has 4 heteroatoms. The number of anilines is 2. The van der Waals surface area contributed by atoms with Gasteiger partial charge >= 0.3 is 0 Å². The molecule has 1 rings (SSSR count). The number of ether oxygens (including phenoxy) is 1. The predicted octanol–water partition coefficient (Wildman–Crippen LogP) is 3.73. The Morgan fingerprint density at radius 3 is 2.82 bits per heavy atom. The largest absolute Gasteiger partial charge is 0.388 e. The maximum Gasteiger partial charge on any atom is 0.0938 e. The maximum absolute atomic E-state index is 6.11. The van der Waals surface area contributed by atoms with Crippen LogP contribution in [0.4, 0.5) is 11.4 Å². The Balaban J connectivity index is 2.76. The van der Waals surface area contributed by atoms with E-state index in [2.05, 4.69) is 17.2 Å². The highest BCUT2D eigenvalue weighted by atomic mass is 35.5. The fraction of sp³-hybridized carbons (Fsp3) is 0.385. The first-order chi connectivity index (χ1) is 8.08. The van der Waals surface area contributed by atoms with Crippen LogP contribution in [0.2, 0.25) is 5.02 Å². The smallest absolute Gasteiger partial charge is 0.0938 e. The molecule has 0 aliphatic heterocycles. The number of nitrogens with one attached hydrogen (secondary N) is 2. The highest BCUT2D eigenvalue weighted by molar-refractivity contribution is 6.33. The zero-order valence-electron chi connectivity index (χ0n) is 10.5. The van der Waals surface area contributed by atoms with Crippen LogP contribution in [0.15, 0.2) is 30.5 Å². The van der Waals surface area contributed by atoms with Crippen molar-refractivity contribution in [3.05, 3.63) is 35.5 Å². The lowest BCUT2D eigenvalue weighted by Crippen LogP contribution is -2.16. The van der Waals surface area contributed by atoms with E-state index in [-0.39, 0.29) is 6.10 Å². The van der Waals surface area contributed by atoms with Gasteiger partial charge in [0.05, 0.1) is 16.8 Å². The lowest BCUT2D eigenvalue weighted by Gasteiger charge is -2.18. The Hall–Kier alpha value is -1.19. The first kappa shape index (κ1) is 13.9. The number of halogens is 1. The maximum atomic E-state index is 6.11. The summed E-state index contributed by atoms with van der Waals surface area (Å²) in [7, 11) is 1.87. The molecule has 0 fully saturated rings.